The maximum absolute atomic E-state index is 13.1. The third-order valence-corrected chi connectivity index (χ3v) is 2.40. The Morgan fingerprint density at radius 2 is 1.94 bits per heavy atom. The lowest BCUT2D eigenvalue weighted by Crippen LogP contribution is -2.02. The van der Waals surface area contributed by atoms with Crippen molar-refractivity contribution in [2.45, 2.75) is 19.9 Å². The molecule has 16 heavy (non-hydrogen) atoms. The molecule has 84 valence electrons. The van der Waals surface area contributed by atoms with Gasteiger partial charge in [-0.05, 0) is 32.0 Å². The van der Waals surface area contributed by atoms with Crippen molar-refractivity contribution in [1.29, 1.82) is 0 Å². The number of benzene rings is 1. The van der Waals surface area contributed by atoms with Gasteiger partial charge >= 0.3 is 0 Å². The summed E-state index contributed by atoms with van der Waals surface area (Å²) in [6.07, 6.45) is 3.47. The van der Waals surface area contributed by atoms with E-state index in [1.165, 1.54) is 6.07 Å². The summed E-state index contributed by atoms with van der Waals surface area (Å²) in [5, 5.41) is 0. The molecule has 0 saturated heterocycles. The molecule has 0 spiro atoms. The zero-order valence-electron chi connectivity index (χ0n) is 9.11. The van der Waals surface area contributed by atoms with Gasteiger partial charge in [0.15, 0.2) is 11.6 Å². The van der Waals surface area contributed by atoms with Crippen LogP contribution in [0.25, 0.3) is 11.4 Å². The Labute approximate surface area is 92.6 Å². The lowest BCUT2D eigenvalue weighted by molar-refractivity contribution is 0.508. The molecule has 4 heteroatoms. The number of nitrogens with zero attached hydrogens (tertiary/aromatic N) is 2. The van der Waals surface area contributed by atoms with E-state index >= 15 is 0 Å². The van der Waals surface area contributed by atoms with Crippen LogP contribution in [0, 0.1) is 11.6 Å². The van der Waals surface area contributed by atoms with Crippen LogP contribution in [-0.2, 0) is 0 Å². The summed E-state index contributed by atoms with van der Waals surface area (Å²) in [7, 11) is 0. The van der Waals surface area contributed by atoms with E-state index in [1.54, 1.807) is 6.20 Å². The minimum absolute atomic E-state index is 0.227. The Kier molecular flexibility index (Phi) is 2.73. The first kappa shape index (κ1) is 10.8. The Balaban J connectivity index is 2.50. The molecule has 2 rings (SSSR count). The van der Waals surface area contributed by atoms with Crippen LogP contribution in [0.15, 0.2) is 30.6 Å². The number of halogens is 2. The molecule has 0 atom stereocenters. The SMILES string of the molecule is CC(C)n1ccnc1-c1ccc(F)c(F)c1. The van der Waals surface area contributed by atoms with Gasteiger partial charge in [-0.15, -0.1) is 0 Å². The molecule has 0 saturated carbocycles. The predicted molar refractivity (Wildman–Crippen MR) is 58.0 cm³/mol. The fourth-order valence-corrected chi connectivity index (χ4v) is 1.59. The van der Waals surface area contributed by atoms with E-state index in [0.717, 1.165) is 12.1 Å². The second-order valence-corrected chi connectivity index (χ2v) is 3.88. The second-order valence-electron chi connectivity index (χ2n) is 3.88. The summed E-state index contributed by atoms with van der Waals surface area (Å²) >= 11 is 0. The first-order valence-electron chi connectivity index (χ1n) is 5.08. The van der Waals surface area contributed by atoms with Crippen molar-refractivity contribution >= 4 is 0 Å². The van der Waals surface area contributed by atoms with Crippen LogP contribution in [0.2, 0.25) is 0 Å². The zero-order chi connectivity index (χ0) is 11.7. The van der Waals surface area contributed by atoms with Crippen LogP contribution in [0.4, 0.5) is 8.78 Å². The quantitative estimate of drug-likeness (QED) is 0.761. The molecule has 1 aromatic carbocycles. The number of aromatic nitrogens is 2. The lowest BCUT2D eigenvalue weighted by atomic mass is 10.2. The highest BCUT2D eigenvalue weighted by Gasteiger charge is 2.10. The molecule has 0 unspecified atom stereocenters. The van der Waals surface area contributed by atoms with Crippen molar-refractivity contribution in [3.63, 3.8) is 0 Å². The summed E-state index contributed by atoms with van der Waals surface area (Å²) in [6, 6.07) is 4.03. The molecule has 0 bridgehead atoms. The van der Waals surface area contributed by atoms with Crippen LogP contribution < -0.4 is 0 Å². The van der Waals surface area contributed by atoms with E-state index in [2.05, 4.69) is 4.98 Å². The van der Waals surface area contributed by atoms with E-state index in [9.17, 15) is 8.78 Å². The molecule has 0 radical (unpaired) electrons. The summed E-state index contributed by atoms with van der Waals surface area (Å²) in [4.78, 5) is 4.15. The normalized spacial score (nSPS) is 11.1. The van der Waals surface area contributed by atoms with Crippen LogP contribution in [0.5, 0.6) is 0 Å². The molecule has 0 aliphatic rings. The first-order chi connectivity index (χ1) is 7.59. The highest BCUT2D eigenvalue weighted by molar-refractivity contribution is 5.55. The maximum Gasteiger partial charge on any atom is 0.159 e. The highest BCUT2D eigenvalue weighted by atomic mass is 19.2. The van der Waals surface area contributed by atoms with E-state index in [1.807, 2.05) is 24.6 Å². The van der Waals surface area contributed by atoms with Gasteiger partial charge in [-0.25, -0.2) is 13.8 Å². The minimum atomic E-state index is -0.851. The molecule has 1 aromatic heterocycles. The molecular weight excluding hydrogens is 210 g/mol. The van der Waals surface area contributed by atoms with Crippen LogP contribution in [-0.4, -0.2) is 9.55 Å². The Hall–Kier alpha value is -1.71. The van der Waals surface area contributed by atoms with E-state index < -0.39 is 11.6 Å². The molecule has 0 fully saturated rings. The van der Waals surface area contributed by atoms with Crippen molar-refractivity contribution in [3.8, 4) is 11.4 Å². The fourth-order valence-electron chi connectivity index (χ4n) is 1.59. The molecular formula is C12H12F2N2. The maximum atomic E-state index is 13.1. The third kappa shape index (κ3) is 1.83. The van der Waals surface area contributed by atoms with Crippen molar-refractivity contribution in [2.75, 3.05) is 0 Å². The Morgan fingerprint density at radius 3 is 2.56 bits per heavy atom. The molecule has 2 aromatic rings. The molecule has 0 amide bonds. The third-order valence-electron chi connectivity index (χ3n) is 2.40. The lowest BCUT2D eigenvalue weighted by Gasteiger charge is -2.11. The summed E-state index contributed by atoms with van der Waals surface area (Å²) in [5.74, 6) is -1.05. The number of imidazole rings is 1. The molecule has 1 heterocycles. The van der Waals surface area contributed by atoms with Crippen molar-refractivity contribution in [2.24, 2.45) is 0 Å². The van der Waals surface area contributed by atoms with Gasteiger partial charge in [-0.1, -0.05) is 0 Å². The minimum Gasteiger partial charge on any atom is -0.328 e. The molecule has 0 aliphatic heterocycles. The number of hydrogen-bond acceptors (Lipinski definition) is 1. The Bertz CT molecular complexity index is 503. The van der Waals surface area contributed by atoms with Crippen LogP contribution in [0.1, 0.15) is 19.9 Å². The fraction of sp³-hybridized carbons (Fsp3) is 0.250. The van der Waals surface area contributed by atoms with E-state index in [-0.39, 0.29) is 6.04 Å². The summed E-state index contributed by atoms with van der Waals surface area (Å²) < 4.78 is 27.8. The molecule has 0 aliphatic carbocycles. The predicted octanol–water partition coefficient (Wildman–Crippen LogP) is 3.41. The van der Waals surface area contributed by atoms with Crippen LogP contribution >= 0.6 is 0 Å². The second kappa shape index (κ2) is 4.04. The van der Waals surface area contributed by atoms with Gasteiger partial charge < -0.3 is 4.57 Å². The highest BCUT2D eigenvalue weighted by Crippen LogP contribution is 2.22. The van der Waals surface area contributed by atoms with Crippen molar-refractivity contribution in [3.05, 3.63) is 42.2 Å². The van der Waals surface area contributed by atoms with Crippen molar-refractivity contribution in [1.82, 2.24) is 9.55 Å². The van der Waals surface area contributed by atoms with E-state index in [0.29, 0.717) is 11.4 Å². The molecule has 0 N–H and O–H groups in total. The van der Waals surface area contributed by atoms with Crippen LogP contribution in [0.3, 0.4) is 0 Å². The summed E-state index contributed by atoms with van der Waals surface area (Å²) in [5.41, 5.74) is 0.581. The summed E-state index contributed by atoms with van der Waals surface area (Å²) in [6.45, 7) is 4.01. The van der Waals surface area contributed by atoms with Gasteiger partial charge in [-0.3, -0.25) is 0 Å². The van der Waals surface area contributed by atoms with Crippen molar-refractivity contribution < 1.29 is 8.78 Å². The monoisotopic (exact) mass is 222 g/mol. The zero-order valence-corrected chi connectivity index (χ0v) is 9.11. The van der Waals surface area contributed by atoms with Gasteiger partial charge in [0.05, 0.1) is 0 Å². The van der Waals surface area contributed by atoms with Gasteiger partial charge in [-0.2, -0.15) is 0 Å². The first-order valence-corrected chi connectivity index (χ1v) is 5.08. The average Bonchev–Trinajstić information content (AvgIpc) is 2.71. The van der Waals surface area contributed by atoms with Gasteiger partial charge in [0.2, 0.25) is 0 Å². The smallest absolute Gasteiger partial charge is 0.159 e. The van der Waals surface area contributed by atoms with E-state index in [4.69, 9.17) is 0 Å². The van der Waals surface area contributed by atoms with Gasteiger partial charge in [0.25, 0.3) is 0 Å². The topological polar surface area (TPSA) is 17.8 Å². The Morgan fingerprint density at radius 1 is 1.19 bits per heavy atom. The van der Waals surface area contributed by atoms with Gasteiger partial charge in [0.1, 0.15) is 5.82 Å². The standard InChI is InChI=1S/C12H12F2N2/c1-8(2)16-6-5-15-12(16)9-3-4-10(13)11(14)7-9/h3-8H,1-2H3. The average molecular weight is 222 g/mol. The number of hydrogen-bond donors (Lipinski definition) is 0. The van der Waals surface area contributed by atoms with Gasteiger partial charge in [0, 0.05) is 24.0 Å². The number of rotatable bonds is 2. The largest absolute Gasteiger partial charge is 0.328 e. The molecule has 2 nitrogen and oxygen atoms in total.